The van der Waals surface area contributed by atoms with E-state index in [-0.39, 0.29) is 24.2 Å². The van der Waals surface area contributed by atoms with Crippen LogP contribution in [0.1, 0.15) is 28.8 Å². The number of fused-ring (bicyclic) bond motifs is 1. The number of amides is 2. The van der Waals surface area contributed by atoms with Crippen LogP contribution in [0.3, 0.4) is 0 Å². The molecule has 1 saturated heterocycles. The van der Waals surface area contributed by atoms with Gasteiger partial charge in [-0.25, -0.2) is 0 Å². The highest BCUT2D eigenvalue weighted by atomic mass is 16.4. The SMILES string of the molecule is O=C(O)CC1CCN(C(=O)c2ccc3c(c2)NC(=O)C3)C1. The Bertz CT molecular complexity index is 626. The van der Waals surface area contributed by atoms with Crippen molar-refractivity contribution in [2.75, 3.05) is 18.4 Å². The fourth-order valence-electron chi connectivity index (χ4n) is 2.96. The second-order valence-corrected chi connectivity index (χ2v) is 5.60. The van der Waals surface area contributed by atoms with Gasteiger partial charge >= 0.3 is 5.97 Å². The first-order valence-corrected chi connectivity index (χ1v) is 6.97. The van der Waals surface area contributed by atoms with Crippen LogP contribution in [0.4, 0.5) is 5.69 Å². The van der Waals surface area contributed by atoms with Crippen LogP contribution < -0.4 is 5.32 Å². The van der Waals surface area contributed by atoms with E-state index >= 15 is 0 Å². The van der Waals surface area contributed by atoms with Crippen molar-refractivity contribution in [1.29, 1.82) is 0 Å². The van der Waals surface area contributed by atoms with Gasteiger partial charge in [0.05, 0.1) is 6.42 Å². The molecule has 21 heavy (non-hydrogen) atoms. The molecule has 1 aromatic carbocycles. The molecule has 0 bridgehead atoms. The van der Waals surface area contributed by atoms with Gasteiger partial charge in [0.15, 0.2) is 0 Å². The monoisotopic (exact) mass is 288 g/mol. The predicted molar refractivity (Wildman–Crippen MR) is 75.0 cm³/mol. The number of carboxylic acid groups (broad SMARTS) is 1. The normalized spacial score (nSPS) is 20.3. The molecule has 0 aromatic heterocycles. The van der Waals surface area contributed by atoms with E-state index in [0.717, 1.165) is 12.0 Å². The molecule has 2 aliphatic rings. The van der Waals surface area contributed by atoms with E-state index in [1.54, 1.807) is 23.1 Å². The Labute approximate surface area is 121 Å². The van der Waals surface area contributed by atoms with Gasteiger partial charge in [0.1, 0.15) is 0 Å². The van der Waals surface area contributed by atoms with Crippen molar-refractivity contribution >= 4 is 23.5 Å². The van der Waals surface area contributed by atoms with Crippen molar-refractivity contribution in [2.24, 2.45) is 5.92 Å². The van der Waals surface area contributed by atoms with Crippen LogP contribution in [-0.2, 0) is 16.0 Å². The van der Waals surface area contributed by atoms with E-state index in [4.69, 9.17) is 5.11 Å². The third kappa shape index (κ3) is 2.74. The van der Waals surface area contributed by atoms with Gasteiger partial charge in [0.2, 0.25) is 5.91 Å². The summed E-state index contributed by atoms with van der Waals surface area (Å²) in [5, 5.41) is 11.5. The Morgan fingerprint density at radius 1 is 1.38 bits per heavy atom. The molecule has 3 rings (SSSR count). The van der Waals surface area contributed by atoms with Crippen LogP contribution in [0.25, 0.3) is 0 Å². The summed E-state index contributed by atoms with van der Waals surface area (Å²) in [6, 6.07) is 5.23. The Balaban J connectivity index is 1.71. The average molecular weight is 288 g/mol. The predicted octanol–water partition coefficient (Wildman–Crippen LogP) is 1.12. The Morgan fingerprint density at radius 3 is 2.95 bits per heavy atom. The van der Waals surface area contributed by atoms with Crippen LogP contribution >= 0.6 is 0 Å². The van der Waals surface area contributed by atoms with Crippen molar-refractivity contribution < 1.29 is 19.5 Å². The third-order valence-corrected chi connectivity index (χ3v) is 4.02. The van der Waals surface area contributed by atoms with E-state index < -0.39 is 5.97 Å². The number of rotatable bonds is 3. The molecule has 2 aliphatic heterocycles. The van der Waals surface area contributed by atoms with Gasteiger partial charge in [-0.05, 0) is 30.0 Å². The van der Waals surface area contributed by atoms with E-state index in [2.05, 4.69) is 5.32 Å². The Kier molecular flexibility index (Phi) is 3.37. The first-order valence-electron chi connectivity index (χ1n) is 6.97. The molecule has 6 nitrogen and oxygen atoms in total. The summed E-state index contributed by atoms with van der Waals surface area (Å²) in [6.07, 6.45) is 1.18. The molecule has 1 atom stereocenters. The Morgan fingerprint density at radius 2 is 2.19 bits per heavy atom. The second kappa shape index (κ2) is 5.20. The number of aliphatic carboxylic acids is 1. The van der Waals surface area contributed by atoms with Gasteiger partial charge in [0, 0.05) is 30.8 Å². The topological polar surface area (TPSA) is 86.7 Å². The van der Waals surface area contributed by atoms with Crippen molar-refractivity contribution in [2.45, 2.75) is 19.3 Å². The van der Waals surface area contributed by atoms with Gasteiger partial charge in [-0.2, -0.15) is 0 Å². The summed E-state index contributed by atoms with van der Waals surface area (Å²) >= 11 is 0. The summed E-state index contributed by atoms with van der Waals surface area (Å²) in [7, 11) is 0. The lowest BCUT2D eigenvalue weighted by atomic mass is 10.1. The quantitative estimate of drug-likeness (QED) is 0.872. The standard InChI is InChI=1S/C15H16N2O4/c18-13-7-10-1-2-11(6-12(10)16-13)15(21)17-4-3-9(8-17)5-14(19)20/h1-2,6,9H,3-5,7-8H2,(H,16,18)(H,19,20). The van der Waals surface area contributed by atoms with E-state index in [1.807, 2.05) is 0 Å². The number of hydrogen-bond donors (Lipinski definition) is 2. The lowest BCUT2D eigenvalue weighted by molar-refractivity contribution is -0.138. The van der Waals surface area contributed by atoms with Crippen LogP contribution in [-0.4, -0.2) is 40.9 Å². The van der Waals surface area contributed by atoms with Gasteiger partial charge in [0.25, 0.3) is 5.91 Å². The van der Waals surface area contributed by atoms with Crippen LogP contribution in [0.5, 0.6) is 0 Å². The minimum Gasteiger partial charge on any atom is -0.481 e. The van der Waals surface area contributed by atoms with Crippen molar-refractivity contribution in [3.05, 3.63) is 29.3 Å². The maximum atomic E-state index is 12.4. The zero-order valence-corrected chi connectivity index (χ0v) is 11.5. The van der Waals surface area contributed by atoms with Crippen molar-refractivity contribution in [3.63, 3.8) is 0 Å². The zero-order valence-electron chi connectivity index (χ0n) is 11.5. The second-order valence-electron chi connectivity index (χ2n) is 5.60. The fraction of sp³-hybridized carbons (Fsp3) is 0.400. The minimum atomic E-state index is -0.824. The lowest BCUT2D eigenvalue weighted by Gasteiger charge is -2.16. The molecule has 2 heterocycles. The molecule has 6 heteroatoms. The zero-order chi connectivity index (χ0) is 15.0. The summed E-state index contributed by atoms with van der Waals surface area (Å²) in [5.74, 6) is -0.959. The van der Waals surface area contributed by atoms with Crippen molar-refractivity contribution in [3.8, 4) is 0 Å². The van der Waals surface area contributed by atoms with Crippen molar-refractivity contribution in [1.82, 2.24) is 4.90 Å². The number of nitrogens with one attached hydrogen (secondary N) is 1. The van der Waals surface area contributed by atoms with E-state index in [1.165, 1.54) is 0 Å². The van der Waals surface area contributed by atoms with Gasteiger partial charge in [-0.1, -0.05) is 6.07 Å². The number of carbonyl (C=O) groups is 3. The number of anilines is 1. The number of benzene rings is 1. The first kappa shape index (κ1) is 13.6. The third-order valence-electron chi connectivity index (χ3n) is 4.02. The van der Waals surface area contributed by atoms with Crippen LogP contribution in [0.15, 0.2) is 18.2 Å². The molecule has 110 valence electrons. The summed E-state index contributed by atoms with van der Waals surface area (Å²) < 4.78 is 0. The highest BCUT2D eigenvalue weighted by Gasteiger charge is 2.29. The molecule has 0 aliphatic carbocycles. The van der Waals surface area contributed by atoms with E-state index in [0.29, 0.717) is 30.8 Å². The van der Waals surface area contributed by atoms with E-state index in [9.17, 15) is 14.4 Å². The number of hydrogen-bond acceptors (Lipinski definition) is 3. The number of nitrogens with zero attached hydrogens (tertiary/aromatic N) is 1. The molecule has 0 radical (unpaired) electrons. The lowest BCUT2D eigenvalue weighted by Crippen LogP contribution is -2.29. The Hall–Kier alpha value is -2.37. The molecule has 0 saturated carbocycles. The maximum absolute atomic E-state index is 12.4. The number of carboxylic acids is 1. The molecule has 1 unspecified atom stereocenters. The number of carbonyl (C=O) groups excluding carboxylic acids is 2. The molecular weight excluding hydrogens is 272 g/mol. The highest BCUT2D eigenvalue weighted by molar-refractivity contribution is 6.02. The molecule has 0 spiro atoms. The largest absolute Gasteiger partial charge is 0.481 e. The first-order chi connectivity index (χ1) is 10.0. The summed E-state index contributed by atoms with van der Waals surface area (Å²) in [4.78, 5) is 36.1. The van der Waals surface area contributed by atoms with Gasteiger partial charge in [-0.15, -0.1) is 0 Å². The molecule has 2 amide bonds. The maximum Gasteiger partial charge on any atom is 0.303 e. The van der Waals surface area contributed by atoms with Crippen LogP contribution in [0, 0.1) is 5.92 Å². The average Bonchev–Trinajstić information content (AvgIpc) is 3.01. The summed E-state index contributed by atoms with van der Waals surface area (Å²) in [6.45, 7) is 1.06. The molecular formula is C15H16N2O4. The number of likely N-dealkylation sites (tertiary alicyclic amines) is 1. The van der Waals surface area contributed by atoms with Crippen LogP contribution in [0.2, 0.25) is 0 Å². The summed E-state index contributed by atoms with van der Waals surface area (Å²) in [5.41, 5.74) is 2.14. The van der Waals surface area contributed by atoms with Gasteiger partial charge in [-0.3, -0.25) is 14.4 Å². The smallest absolute Gasteiger partial charge is 0.303 e. The highest BCUT2D eigenvalue weighted by Crippen LogP contribution is 2.26. The minimum absolute atomic E-state index is 0.0283. The molecule has 1 aromatic rings. The fourth-order valence-corrected chi connectivity index (χ4v) is 2.96. The van der Waals surface area contributed by atoms with Gasteiger partial charge < -0.3 is 15.3 Å². The molecule has 2 N–H and O–H groups in total. The molecule has 1 fully saturated rings.